The lowest BCUT2D eigenvalue weighted by Gasteiger charge is -2.11. The van der Waals surface area contributed by atoms with Gasteiger partial charge in [0.1, 0.15) is 18.9 Å². The molecule has 0 aliphatic carbocycles. The topological polar surface area (TPSA) is 102 Å². The van der Waals surface area contributed by atoms with E-state index in [0.29, 0.717) is 18.8 Å². The number of hydrogen-bond acceptors (Lipinski definition) is 4. The van der Waals surface area contributed by atoms with Crippen LogP contribution in [-0.2, 0) is 16.0 Å². The highest BCUT2D eigenvalue weighted by Crippen LogP contribution is 2.13. The zero-order valence-corrected chi connectivity index (χ0v) is 11.8. The fourth-order valence-corrected chi connectivity index (χ4v) is 1.55. The van der Waals surface area contributed by atoms with E-state index in [-0.39, 0.29) is 0 Å². The maximum atomic E-state index is 11.6. The van der Waals surface area contributed by atoms with Crippen LogP contribution in [0.2, 0.25) is 0 Å². The Kier molecular flexibility index (Phi) is 6.78. The van der Waals surface area contributed by atoms with Crippen molar-refractivity contribution in [1.82, 2.24) is 5.32 Å². The number of benzene rings is 1. The second kappa shape index (κ2) is 8.61. The van der Waals surface area contributed by atoms with Crippen LogP contribution in [0, 0.1) is 11.8 Å². The summed E-state index contributed by atoms with van der Waals surface area (Å²) < 4.78 is 5.37. The third-order valence-corrected chi connectivity index (χ3v) is 2.62. The molecule has 0 aliphatic rings. The smallest absolute Gasteiger partial charge is 0.322 e. The number of ether oxygens (including phenoxy) is 1. The van der Waals surface area contributed by atoms with Gasteiger partial charge in [0.05, 0.1) is 6.04 Å². The van der Waals surface area contributed by atoms with Crippen molar-refractivity contribution in [3.63, 3.8) is 0 Å². The molecular weight excluding hydrogens is 272 g/mol. The van der Waals surface area contributed by atoms with Crippen molar-refractivity contribution in [1.29, 1.82) is 0 Å². The fourth-order valence-electron chi connectivity index (χ4n) is 1.55. The van der Waals surface area contributed by atoms with Crippen LogP contribution in [0.1, 0.15) is 12.5 Å². The largest absolute Gasteiger partial charge is 0.481 e. The molecule has 0 radical (unpaired) electrons. The summed E-state index contributed by atoms with van der Waals surface area (Å²) in [5.41, 5.74) is 6.58. The summed E-state index contributed by atoms with van der Waals surface area (Å²) in [7, 11) is 0. The number of carboxylic acid groups (broad SMARTS) is 1. The zero-order chi connectivity index (χ0) is 15.7. The molecule has 1 rings (SSSR count). The Morgan fingerprint density at radius 1 is 1.38 bits per heavy atom. The van der Waals surface area contributed by atoms with Gasteiger partial charge in [-0.05, 0) is 31.0 Å². The highest BCUT2D eigenvalue weighted by molar-refractivity contribution is 5.85. The number of amides is 1. The van der Waals surface area contributed by atoms with E-state index in [9.17, 15) is 9.59 Å². The molecule has 112 valence electrons. The molecule has 1 aromatic rings. The molecule has 0 aliphatic heterocycles. The maximum Gasteiger partial charge on any atom is 0.322 e. The second-order valence-electron chi connectivity index (χ2n) is 4.28. The Bertz CT molecular complexity index is 543. The monoisotopic (exact) mass is 290 g/mol. The van der Waals surface area contributed by atoms with Gasteiger partial charge in [0, 0.05) is 0 Å². The van der Waals surface area contributed by atoms with E-state index in [0.717, 1.165) is 5.56 Å². The molecule has 0 spiro atoms. The minimum Gasteiger partial charge on any atom is -0.481 e. The highest BCUT2D eigenvalue weighted by Gasteiger charge is 2.14. The van der Waals surface area contributed by atoms with Crippen molar-refractivity contribution in [2.45, 2.75) is 19.4 Å². The lowest BCUT2D eigenvalue weighted by Crippen LogP contribution is -2.43. The molecule has 0 aromatic heterocycles. The molecule has 0 fully saturated rings. The summed E-state index contributed by atoms with van der Waals surface area (Å²) in [6.07, 6.45) is 0.320. The zero-order valence-electron chi connectivity index (χ0n) is 11.8. The Morgan fingerprint density at radius 3 is 2.62 bits per heavy atom. The summed E-state index contributed by atoms with van der Waals surface area (Å²) in [6, 6.07) is 6.36. The molecule has 1 atom stereocenters. The highest BCUT2D eigenvalue weighted by atomic mass is 16.5. The summed E-state index contributed by atoms with van der Waals surface area (Å²) in [5.74, 6) is 4.61. The van der Waals surface area contributed by atoms with Gasteiger partial charge in [-0.1, -0.05) is 18.1 Å². The van der Waals surface area contributed by atoms with Gasteiger partial charge in [-0.2, -0.15) is 0 Å². The number of carboxylic acids is 1. The van der Waals surface area contributed by atoms with Gasteiger partial charge < -0.3 is 20.9 Å². The number of carbonyl (C=O) groups is 2. The minimum atomic E-state index is -1.10. The molecular formula is C15H18N2O4. The van der Waals surface area contributed by atoms with Crippen LogP contribution < -0.4 is 15.8 Å². The van der Waals surface area contributed by atoms with Gasteiger partial charge in [0.2, 0.25) is 5.91 Å². The van der Waals surface area contributed by atoms with Crippen molar-refractivity contribution in [3.05, 3.63) is 29.8 Å². The number of nitrogens with two attached hydrogens (primary N) is 1. The number of nitrogens with one attached hydrogen (secondary N) is 1. The summed E-state index contributed by atoms with van der Waals surface area (Å²) in [5, 5.41) is 10.7. The van der Waals surface area contributed by atoms with Crippen molar-refractivity contribution in [2.75, 3.05) is 13.2 Å². The molecule has 1 amide bonds. The van der Waals surface area contributed by atoms with Crippen molar-refractivity contribution < 1.29 is 19.4 Å². The molecule has 6 heteroatoms. The van der Waals surface area contributed by atoms with Gasteiger partial charge in [0.25, 0.3) is 0 Å². The predicted molar refractivity (Wildman–Crippen MR) is 77.7 cm³/mol. The summed E-state index contributed by atoms with van der Waals surface area (Å²) in [4.78, 5) is 21.9. The predicted octanol–water partition coefficient (Wildman–Crippen LogP) is 0.159. The average Bonchev–Trinajstić information content (AvgIpc) is 2.46. The normalized spacial score (nSPS) is 11.0. The first kappa shape index (κ1) is 16.5. The van der Waals surface area contributed by atoms with Crippen molar-refractivity contribution >= 4 is 11.9 Å². The second-order valence-corrected chi connectivity index (χ2v) is 4.28. The average molecular weight is 290 g/mol. The Balaban J connectivity index is 2.48. The quantitative estimate of drug-likeness (QED) is 0.621. The van der Waals surface area contributed by atoms with E-state index < -0.39 is 24.5 Å². The summed E-state index contributed by atoms with van der Waals surface area (Å²) in [6.45, 7) is 1.63. The molecule has 0 heterocycles. The van der Waals surface area contributed by atoms with Crippen LogP contribution in [0.4, 0.5) is 0 Å². The van der Waals surface area contributed by atoms with Crippen LogP contribution in [0.25, 0.3) is 0 Å². The van der Waals surface area contributed by atoms with E-state index in [1.54, 1.807) is 31.2 Å². The van der Waals surface area contributed by atoms with Gasteiger partial charge in [-0.25, -0.2) is 0 Å². The van der Waals surface area contributed by atoms with E-state index in [1.165, 1.54) is 0 Å². The Morgan fingerprint density at radius 2 is 2.05 bits per heavy atom. The van der Waals surface area contributed by atoms with E-state index >= 15 is 0 Å². The van der Waals surface area contributed by atoms with Crippen molar-refractivity contribution in [3.8, 4) is 17.6 Å². The van der Waals surface area contributed by atoms with Crippen LogP contribution >= 0.6 is 0 Å². The SMILES string of the molecule is CC#CCOc1ccc(CC(N)C(=O)NCC(=O)O)cc1. The lowest BCUT2D eigenvalue weighted by atomic mass is 10.1. The van der Waals surface area contributed by atoms with Crippen LogP contribution in [0.15, 0.2) is 24.3 Å². The maximum absolute atomic E-state index is 11.6. The van der Waals surface area contributed by atoms with Gasteiger partial charge in [-0.15, -0.1) is 5.92 Å². The van der Waals surface area contributed by atoms with Crippen LogP contribution in [0.5, 0.6) is 5.75 Å². The molecule has 1 aromatic carbocycles. The number of aliphatic carboxylic acids is 1. The molecule has 1 unspecified atom stereocenters. The Hall–Kier alpha value is -2.52. The van der Waals surface area contributed by atoms with E-state index in [2.05, 4.69) is 17.2 Å². The number of hydrogen-bond donors (Lipinski definition) is 3. The first-order valence-corrected chi connectivity index (χ1v) is 6.39. The first-order chi connectivity index (χ1) is 10.0. The Labute approximate surface area is 123 Å². The molecule has 0 bridgehead atoms. The molecule has 0 saturated heterocycles. The van der Waals surface area contributed by atoms with Gasteiger partial charge in [-0.3, -0.25) is 9.59 Å². The lowest BCUT2D eigenvalue weighted by molar-refractivity contribution is -0.138. The molecule has 6 nitrogen and oxygen atoms in total. The molecule has 4 N–H and O–H groups in total. The standard InChI is InChI=1S/C15H18N2O4/c1-2-3-8-21-12-6-4-11(5-7-12)9-13(16)15(20)17-10-14(18)19/h4-7,13H,8-10,16H2,1H3,(H,17,20)(H,18,19). The third kappa shape index (κ3) is 6.45. The van der Waals surface area contributed by atoms with Gasteiger partial charge in [0.15, 0.2) is 0 Å². The molecule has 21 heavy (non-hydrogen) atoms. The minimum absolute atomic E-state index is 0.320. The molecule has 0 saturated carbocycles. The first-order valence-electron chi connectivity index (χ1n) is 6.39. The van der Waals surface area contributed by atoms with Crippen LogP contribution in [0.3, 0.4) is 0 Å². The van der Waals surface area contributed by atoms with E-state index in [4.69, 9.17) is 15.6 Å². The van der Waals surface area contributed by atoms with E-state index in [1.807, 2.05) is 0 Å². The third-order valence-electron chi connectivity index (χ3n) is 2.62. The fraction of sp³-hybridized carbons (Fsp3) is 0.333. The number of rotatable bonds is 7. The van der Waals surface area contributed by atoms with Crippen LogP contribution in [-0.4, -0.2) is 36.2 Å². The summed E-state index contributed by atoms with van der Waals surface area (Å²) >= 11 is 0. The van der Waals surface area contributed by atoms with Crippen molar-refractivity contribution in [2.24, 2.45) is 5.73 Å². The number of carbonyl (C=O) groups excluding carboxylic acids is 1. The van der Waals surface area contributed by atoms with Gasteiger partial charge >= 0.3 is 5.97 Å².